The quantitative estimate of drug-likeness (QED) is 0.0435. The van der Waals surface area contributed by atoms with Crippen LogP contribution in [0.5, 0.6) is 0 Å². The van der Waals surface area contributed by atoms with Gasteiger partial charge in [-0.25, -0.2) is 0 Å². The maximum atomic E-state index is 12.4. The van der Waals surface area contributed by atoms with Gasteiger partial charge in [0.25, 0.3) is 0 Å². The van der Waals surface area contributed by atoms with Crippen LogP contribution in [-0.2, 0) is 4.79 Å². The molecule has 1 amide bonds. The van der Waals surface area contributed by atoms with Crippen LogP contribution < -0.4 is 5.32 Å². The van der Waals surface area contributed by atoms with E-state index in [1.54, 1.807) is 6.08 Å². The van der Waals surface area contributed by atoms with Gasteiger partial charge in [0.05, 0.1) is 18.8 Å². The molecule has 4 N–H and O–H groups in total. The van der Waals surface area contributed by atoms with Crippen molar-refractivity contribution in [3.05, 3.63) is 36.5 Å². The molecule has 0 aromatic heterocycles. The Morgan fingerprint density at radius 1 is 0.545 bits per heavy atom. The molecule has 0 aliphatic heterocycles. The third-order valence-corrected chi connectivity index (χ3v) is 8.45. The molecule has 0 rings (SSSR count). The summed E-state index contributed by atoms with van der Waals surface area (Å²) in [5, 5.41) is 32.8. The molecule has 5 heteroatoms. The summed E-state index contributed by atoms with van der Waals surface area (Å²) in [6, 6.07) is -0.813. The second-order valence-electron chi connectivity index (χ2n) is 12.8. The molecule has 0 saturated carbocycles. The lowest BCUT2D eigenvalue weighted by Crippen LogP contribution is -2.48. The fourth-order valence-corrected chi connectivity index (χ4v) is 5.43. The number of allylic oxidation sites excluding steroid dienone is 5. The summed E-state index contributed by atoms with van der Waals surface area (Å²) in [4.78, 5) is 12.4. The van der Waals surface area contributed by atoms with E-state index in [1.807, 2.05) is 6.08 Å². The van der Waals surface area contributed by atoms with Gasteiger partial charge in [-0.15, -0.1) is 0 Å². The summed E-state index contributed by atoms with van der Waals surface area (Å²) in [7, 11) is 0. The average Bonchev–Trinajstić information content (AvgIpc) is 3.03. The van der Waals surface area contributed by atoms with E-state index in [4.69, 9.17) is 0 Å². The first-order chi connectivity index (χ1) is 21.6. The second-order valence-corrected chi connectivity index (χ2v) is 12.8. The molecular weight excluding hydrogens is 546 g/mol. The Morgan fingerprint density at radius 3 is 1.43 bits per heavy atom. The maximum Gasteiger partial charge on any atom is 0.249 e. The molecule has 258 valence electrons. The Kier molecular flexibility index (Phi) is 33.3. The average molecular weight is 620 g/mol. The van der Waals surface area contributed by atoms with E-state index >= 15 is 0 Å². The van der Waals surface area contributed by atoms with Crippen molar-refractivity contribution in [3.8, 4) is 0 Å². The van der Waals surface area contributed by atoms with Crippen LogP contribution in [0.25, 0.3) is 0 Å². The smallest absolute Gasteiger partial charge is 0.249 e. The summed E-state index contributed by atoms with van der Waals surface area (Å²) < 4.78 is 0. The van der Waals surface area contributed by atoms with Crippen molar-refractivity contribution in [1.82, 2.24) is 5.32 Å². The number of unbranched alkanes of at least 4 members (excludes halogenated alkanes) is 21. The van der Waals surface area contributed by atoms with Crippen molar-refractivity contribution in [2.75, 3.05) is 6.61 Å². The summed E-state index contributed by atoms with van der Waals surface area (Å²) in [6.07, 6.45) is 41.7. The van der Waals surface area contributed by atoms with Crippen LogP contribution in [0, 0.1) is 0 Å². The second kappa shape index (κ2) is 34.4. The van der Waals surface area contributed by atoms with E-state index in [1.165, 1.54) is 122 Å². The Morgan fingerprint density at radius 2 is 0.932 bits per heavy atom. The third-order valence-electron chi connectivity index (χ3n) is 8.45. The number of carbonyl (C=O) groups is 1. The minimum atomic E-state index is -1.11. The van der Waals surface area contributed by atoms with Gasteiger partial charge in [-0.2, -0.15) is 0 Å². The maximum absolute atomic E-state index is 12.4. The molecule has 0 radical (unpaired) electrons. The van der Waals surface area contributed by atoms with Crippen LogP contribution in [0.15, 0.2) is 36.5 Å². The predicted molar refractivity (Wildman–Crippen MR) is 190 cm³/mol. The number of amides is 1. The molecule has 5 nitrogen and oxygen atoms in total. The highest BCUT2D eigenvalue weighted by atomic mass is 16.3. The minimum Gasteiger partial charge on any atom is -0.394 e. The number of aliphatic hydroxyl groups excluding tert-OH is 3. The zero-order valence-electron chi connectivity index (χ0n) is 29.0. The van der Waals surface area contributed by atoms with Crippen molar-refractivity contribution < 1.29 is 20.1 Å². The van der Waals surface area contributed by atoms with Gasteiger partial charge in [0.2, 0.25) is 5.91 Å². The first-order valence-corrected chi connectivity index (χ1v) is 18.8. The van der Waals surface area contributed by atoms with Crippen molar-refractivity contribution in [3.63, 3.8) is 0 Å². The summed E-state index contributed by atoms with van der Waals surface area (Å²) in [5.41, 5.74) is 0. The topological polar surface area (TPSA) is 89.8 Å². The van der Waals surface area contributed by atoms with E-state index in [0.29, 0.717) is 6.42 Å². The number of aliphatic hydroxyl groups is 3. The normalized spacial score (nSPS) is 14.2. The van der Waals surface area contributed by atoms with Gasteiger partial charge in [0.15, 0.2) is 0 Å². The Labute approximate surface area is 273 Å². The molecular formula is C39H73NO4. The number of nitrogens with one attached hydrogen (secondary N) is 1. The van der Waals surface area contributed by atoms with Crippen LogP contribution >= 0.6 is 0 Å². The molecule has 0 fully saturated rings. The SMILES string of the molecule is CCCCC/C=C/CC/C=C/C(O)C(CO)NC(=O)C(O)CCCCCCCC/C=C\CCCCCCCCCCCCC. The molecule has 0 aromatic rings. The highest BCUT2D eigenvalue weighted by molar-refractivity contribution is 5.80. The van der Waals surface area contributed by atoms with Crippen LogP contribution in [0.3, 0.4) is 0 Å². The Bertz CT molecular complexity index is 690. The first-order valence-electron chi connectivity index (χ1n) is 18.8. The molecule has 0 aromatic carbocycles. The van der Waals surface area contributed by atoms with Gasteiger partial charge in [0, 0.05) is 0 Å². The molecule has 44 heavy (non-hydrogen) atoms. The van der Waals surface area contributed by atoms with Crippen LogP contribution in [0.4, 0.5) is 0 Å². The first kappa shape index (κ1) is 42.6. The van der Waals surface area contributed by atoms with Gasteiger partial charge < -0.3 is 20.6 Å². The number of hydrogen-bond acceptors (Lipinski definition) is 4. The van der Waals surface area contributed by atoms with Crippen LogP contribution in [0.2, 0.25) is 0 Å². The van der Waals surface area contributed by atoms with Gasteiger partial charge >= 0.3 is 0 Å². The van der Waals surface area contributed by atoms with E-state index in [0.717, 1.165) is 38.5 Å². The van der Waals surface area contributed by atoms with Crippen molar-refractivity contribution >= 4 is 5.91 Å². The molecule has 0 aliphatic carbocycles. The zero-order valence-corrected chi connectivity index (χ0v) is 29.0. The number of hydrogen-bond donors (Lipinski definition) is 4. The van der Waals surface area contributed by atoms with Crippen molar-refractivity contribution in [2.45, 2.75) is 199 Å². The highest BCUT2D eigenvalue weighted by Crippen LogP contribution is 2.13. The lowest BCUT2D eigenvalue weighted by atomic mass is 10.0. The fraction of sp³-hybridized carbons (Fsp3) is 0.821. The molecule has 3 unspecified atom stereocenters. The zero-order chi connectivity index (χ0) is 32.4. The van der Waals surface area contributed by atoms with Crippen LogP contribution in [0.1, 0.15) is 181 Å². The van der Waals surface area contributed by atoms with E-state index in [-0.39, 0.29) is 6.61 Å². The third kappa shape index (κ3) is 29.3. The van der Waals surface area contributed by atoms with Crippen molar-refractivity contribution in [2.24, 2.45) is 0 Å². The Balaban J connectivity index is 3.69. The molecule has 3 atom stereocenters. The van der Waals surface area contributed by atoms with Gasteiger partial charge in [-0.05, 0) is 57.8 Å². The van der Waals surface area contributed by atoms with Gasteiger partial charge in [0.1, 0.15) is 6.10 Å². The van der Waals surface area contributed by atoms with Gasteiger partial charge in [-0.3, -0.25) is 4.79 Å². The molecule has 0 aliphatic rings. The highest BCUT2D eigenvalue weighted by Gasteiger charge is 2.22. The Hall–Kier alpha value is -1.43. The standard InChI is InChI=1S/C39H73NO4/c1-3-5-7-9-11-13-14-15-16-17-18-19-20-21-22-23-24-26-28-30-32-34-38(43)39(44)40-36(35-41)37(42)33-31-29-27-25-12-10-8-6-4-2/h12,20-21,25,31,33,36-38,41-43H,3-11,13-19,22-24,26-30,32,34-35H2,1-2H3,(H,40,44)/b21-20-,25-12+,33-31+. The van der Waals surface area contributed by atoms with Gasteiger partial charge in [-0.1, -0.05) is 159 Å². The predicted octanol–water partition coefficient (Wildman–Crippen LogP) is 10.0. The molecule has 0 heterocycles. The monoisotopic (exact) mass is 620 g/mol. The number of carbonyl (C=O) groups excluding carboxylic acids is 1. The molecule has 0 spiro atoms. The van der Waals surface area contributed by atoms with E-state index in [9.17, 15) is 20.1 Å². The summed E-state index contributed by atoms with van der Waals surface area (Å²) in [6.45, 7) is 4.10. The van der Waals surface area contributed by atoms with E-state index in [2.05, 4.69) is 43.5 Å². The number of rotatable bonds is 33. The lowest BCUT2D eigenvalue weighted by Gasteiger charge is -2.21. The largest absolute Gasteiger partial charge is 0.394 e. The lowest BCUT2D eigenvalue weighted by molar-refractivity contribution is -0.131. The van der Waals surface area contributed by atoms with Crippen molar-refractivity contribution in [1.29, 1.82) is 0 Å². The summed E-state index contributed by atoms with van der Waals surface area (Å²) >= 11 is 0. The fourth-order valence-electron chi connectivity index (χ4n) is 5.43. The summed E-state index contributed by atoms with van der Waals surface area (Å²) in [5.74, 6) is -0.522. The van der Waals surface area contributed by atoms with Crippen LogP contribution in [-0.4, -0.2) is 46.1 Å². The molecule has 0 bridgehead atoms. The minimum absolute atomic E-state index is 0.379. The van der Waals surface area contributed by atoms with E-state index < -0.39 is 24.2 Å². The molecule has 0 saturated heterocycles.